The fourth-order valence-electron chi connectivity index (χ4n) is 2.85. The molecule has 0 unspecified atom stereocenters. The largest absolute Gasteiger partial charge is 0.497 e. The van der Waals surface area contributed by atoms with Crippen LogP contribution in [0.3, 0.4) is 0 Å². The number of rotatable bonds is 5. The molecule has 0 bridgehead atoms. The van der Waals surface area contributed by atoms with Crippen LogP contribution in [0.2, 0.25) is 0 Å². The van der Waals surface area contributed by atoms with Gasteiger partial charge in [0.25, 0.3) is 5.91 Å². The Balaban J connectivity index is 1.51. The smallest absolute Gasteiger partial charge is 0.260 e. The van der Waals surface area contributed by atoms with Gasteiger partial charge in [0.2, 0.25) is 0 Å². The molecule has 0 spiro atoms. The molecule has 0 saturated carbocycles. The van der Waals surface area contributed by atoms with Crippen LogP contribution in [0.4, 0.5) is 10.2 Å². The molecule has 2 heterocycles. The Morgan fingerprint density at radius 2 is 1.83 bits per heavy atom. The van der Waals surface area contributed by atoms with Crippen molar-refractivity contribution < 1.29 is 13.9 Å². The summed E-state index contributed by atoms with van der Waals surface area (Å²) in [5, 5.41) is 11.5. The maximum absolute atomic E-state index is 13.1. The number of anilines is 1. The first-order chi connectivity index (χ1) is 14.0. The lowest BCUT2D eigenvalue weighted by atomic mass is 10.1. The van der Waals surface area contributed by atoms with Gasteiger partial charge >= 0.3 is 0 Å². The molecule has 0 radical (unpaired) electrons. The van der Waals surface area contributed by atoms with Crippen molar-refractivity contribution in [3.8, 4) is 22.7 Å². The summed E-state index contributed by atoms with van der Waals surface area (Å²) in [4.78, 5) is 12.6. The normalized spacial score (nSPS) is 10.7. The first-order valence-electron chi connectivity index (χ1n) is 8.84. The molecule has 7 nitrogen and oxygen atoms in total. The Kier molecular flexibility index (Phi) is 4.82. The van der Waals surface area contributed by atoms with E-state index in [2.05, 4.69) is 15.5 Å². The van der Waals surface area contributed by atoms with Crippen molar-refractivity contribution in [2.45, 2.75) is 0 Å². The van der Waals surface area contributed by atoms with Crippen molar-refractivity contribution in [1.29, 1.82) is 0 Å². The molecule has 0 saturated heterocycles. The maximum Gasteiger partial charge on any atom is 0.260 e. The molecule has 0 atom stereocenters. The molecular formula is C21H18FN5O2. The fourth-order valence-corrected chi connectivity index (χ4v) is 2.85. The second-order valence-electron chi connectivity index (χ2n) is 6.37. The van der Waals surface area contributed by atoms with Gasteiger partial charge in [0, 0.05) is 24.9 Å². The van der Waals surface area contributed by atoms with Crippen LogP contribution in [0.5, 0.6) is 5.75 Å². The average Bonchev–Trinajstić information content (AvgIpc) is 3.36. The minimum Gasteiger partial charge on any atom is -0.497 e. The van der Waals surface area contributed by atoms with E-state index in [0.29, 0.717) is 17.1 Å². The molecular weight excluding hydrogens is 373 g/mol. The van der Waals surface area contributed by atoms with Crippen LogP contribution < -0.4 is 10.1 Å². The number of carbonyl (C=O) groups excluding carboxylic acids is 1. The minimum atomic E-state index is -0.331. The summed E-state index contributed by atoms with van der Waals surface area (Å²) < 4.78 is 21.3. The van der Waals surface area contributed by atoms with Gasteiger partial charge in [0.15, 0.2) is 0 Å². The van der Waals surface area contributed by atoms with Crippen molar-refractivity contribution in [2.75, 3.05) is 12.4 Å². The highest BCUT2D eigenvalue weighted by Crippen LogP contribution is 2.24. The molecule has 4 aromatic rings. The minimum absolute atomic E-state index is 0.317. The number of nitrogens with zero attached hydrogens (tertiary/aromatic N) is 4. The Labute approximate surface area is 166 Å². The van der Waals surface area contributed by atoms with Crippen LogP contribution in [0.1, 0.15) is 10.4 Å². The van der Waals surface area contributed by atoms with Crippen LogP contribution >= 0.6 is 0 Å². The number of ether oxygens (including phenoxy) is 1. The summed E-state index contributed by atoms with van der Waals surface area (Å²) in [5.41, 5.74) is 2.67. The van der Waals surface area contributed by atoms with Gasteiger partial charge in [-0.1, -0.05) is 0 Å². The van der Waals surface area contributed by atoms with Gasteiger partial charge in [-0.05, 0) is 48.5 Å². The summed E-state index contributed by atoms with van der Waals surface area (Å²) in [7, 11) is 3.37. The van der Waals surface area contributed by atoms with Crippen LogP contribution in [-0.2, 0) is 7.05 Å². The van der Waals surface area contributed by atoms with Crippen LogP contribution in [0.25, 0.3) is 16.9 Å². The standard InChI is InChI=1S/C21H18FN5O2/c1-26-20(11-19(25-26)14-3-9-18(29-2)10-4-14)24-21(28)15-12-23-27(13-15)17-7-5-16(22)6-8-17/h3-13H,1-2H3,(H,24,28). The highest BCUT2D eigenvalue weighted by molar-refractivity contribution is 6.03. The summed E-state index contributed by atoms with van der Waals surface area (Å²) in [6.45, 7) is 0. The molecule has 0 aliphatic carbocycles. The van der Waals surface area contributed by atoms with Crippen molar-refractivity contribution in [1.82, 2.24) is 19.6 Å². The Morgan fingerprint density at radius 3 is 2.52 bits per heavy atom. The van der Waals surface area contributed by atoms with Crippen molar-refractivity contribution >= 4 is 11.7 Å². The number of carbonyl (C=O) groups is 1. The van der Waals surface area contributed by atoms with Crippen LogP contribution in [0, 0.1) is 5.82 Å². The lowest BCUT2D eigenvalue weighted by Crippen LogP contribution is -2.13. The Morgan fingerprint density at radius 1 is 1.10 bits per heavy atom. The summed E-state index contributed by atoms with van der Waals surface area (Å²) in [6, 6.07) is 15.2. The third-order valence-electron chi connectivity index (χ3n) is 4.44. The molecule has 0 aliphatic heterocycles. The number of hydrogen-bond acceptors (Lipinski definition) is 4. The number of amides is 1. The molecule has 1 N–H and O–H groups in total. The fraction of sp³-hybridized carbons (Fsp3) is 0.0952. The Bertz CT molecular complexity index is 1150. The highest BCUT2D eigenvalue weighted by atomic mass is 19.1. The molecule has 2 aromatic carbocycles. The van der Waals surface area contributed by atoms with Crippen molar-refractivity contribution in [3.05, 3.63) is 78.4 Å². The quantitative estimate of drug-likeness (QED) is 0.563. The number of aromatic nitrogens is 4. The van der Waals surface area contributed by atoms with Gasteiger partial charge < -0.3 is 10.1 Å². The zero-order valence-corrected chi connectivity index (χ0v) is 15.8. The summed E-state index contributed by atoms with van der Waals surface area (Å²) in [6.07, 6.45) is 3.04. The van der Waals surface area contributed by atoms with Crippen LogP contribution in [-0.4, -0.2) is 32.6 Å². The number of nitrogens with one attached hydrogen (secondary N) is 1. The van der Waals surface area contributed by atoms with E-state index in [0.717, 1.165) is 17.0 Å². The molecule has 4 rings (SSSR count). The highest BCUT2D eigenvalue weighted by Gasteiger charge is 2.14. The van der Waals surface area contributed by atoms with Gasteiger partial charge in [0.05, 0.1) is 30.3 Å². The second-order valence-corrected chi connectivity index (χ2v) is 6.37. The van der Waals surface area contributed by atoms with Crippen molar-refractivity contribution in [3.63, 3.8) is 0 Å². The molecule has 0 aliphatic rings. The van der Waals surface area contributed by atoms with E-state index in [1.165, 1.54) is 23.0 Å². The van der Waals surface area contributed by atoms with E-state index in [4.69, 9.17) is 4.74 Å². The van der Waals surface area contributed by atoms with E-state index >= 15 is 0 Å². The zero-order chi connectivity index (χ0) is 20.4. The summed E-state index contributed by atoms with van der Waals surface area (Å²) >= 11 is 0. The molecule has 29 heavy (non-hydrogen) atoms. The molecule has 8 heteroatoms. The number of aryl methyl sites for hydroxylation is 1. The third kappa shape index (κ3) is 3.86. The lowest BCUT2D eigenvalue weighted by Gasteiger charge is -2.03. The van der Waals surface area contributed by atoms with Crippen molar-refractivity contribution in [2.24, 2.45) is 7.05 Å². The van der Waals surface area contributed by atoms with E-state index < -0.39 is 0 Å². The van der Waals surface area contributed by atoms with Gasteiger partial charge in [-0.25, -0.2) is 9.07 Å². The maximum atomic E-state index is 13.1. The Hall–Kier alpha value is -3.94. The number of benzene rings is 2. The predicted octanol–water partition coefficient (Wildman–Crippen LogP) is 3.67. The molecule has 146 valence electrons. The monoisotopic (exact) mass is 391 g/mol. The number of hydrogen-bond donors (Lipinski definition) is 1. The third-order valence-corrected chi connectivity index (χ3v) is 4.44. The molecule has 1 amide bonds. The van der Waals surface area contributed by atoms with Gasteiger partial charge in [-0.15, -0.1) is 0 Å². The SMILES string of the molecule is COc1ccc(-c2cc(NC(=O)c3cnn(-c4ccc(F)cc4)c3)n(C)n2)cc1. The van der Waals surface area contributed by atoms with E-state index in [-0.39, 0.29) is 11.7 Å². The van der Waals surface area contributed by atoms with E-state index in [1.54, 1.807) is 43.2 Å². The number of halogens is 1. The average molecular weight is 391 g/mol. The summed E-state index contributed by atoms with van der Waals surface area (Å²) in [5.74, 6) is 0.664. The first kappa shape index (κ1) is 18.4. The molecule has 0 fully saturated rings. The van der Waals surface area contributed by atoms with Crippen LogP contribution in [0.15, 0.2) is 67.0 Å². The van der Waals surface area contributed by atoms with Gasteiger partial charge in [-0.3, -0.25) is 9.48 Å². The zero-order valence-electron chi connectivity index (χ0n) is 15.8. The number of methoxy groups -OCH3 is 1. The topological polar surface area (TPSA) is 74.0 Å². The molecule has 2 aromatic heterocycles. The first-order valence-corrected chi connectivity index (χ1v) is 8.84. The van der Waals surface area contributed by atoms with Gasteiger partial charge in [0.1, 0.15) is 17.4 Å². The van der Waals surface area contributed by atoms with E-state index in [9.17, 15) is 9.18 Å². The van der Waals surface area contributed by atoms with Gasteiger partial charge in [-0.2, -0.15) is 10.2 Å². The predicted molar refractivity (Wildman–Crippen MR) is 107 cm³/mol. The lowest BCUT2D eigenvalue weighted by molar-refractivity contribution is 0.102. The second kappa shape index (κ2) is 7.59. The van der Waals surface area contributed by atoms with E-state index in [1.807, 2.05) is 24.3 Å².